The number of hydrogen-bond acceptors (Lipinski definition) is 2. The Morgan fingerprint density at radius 1 is 1.55 bits per heavy atom. The molecule has 0 spiro atoms. The van der Waals surface area contributed by atoms with Gasteiger partial charge in [0.2, 0.25) is 0 Å². The third-order valence-corrected chi connectivity index (χ3v) is 1.84. The van der Waals surface area contributed by atoms with Gasteiger partial charge in [0.1, 0.15) is 5.69 Å². The molecule has 0 atom stereocenters. The van der Waals surface area contributed by atoms with Gasteiger partial charge in [-0.05, 0) is 53.0 Å². The van der Waals surface area contributed by atoms with Crippen molar-refractivity contribution in [1.82, 2.24) is 0 Å². The fourth-order valence-electron chi connectivity index (χ4n) is 0.621. The molecule has 0 N–H and O–H groups in total. The van der Waals surface area contributed by atoms with Crippen LogP contribution in [0.2, 0.25) is 0 Å². The van der Waals surface area contributed by atoms with Gasteiger partial charge >= 0.3 is 0 Å². The average Bonchev–Trinajstić information content (AvgIpc) is 1.95. The predicted octanol–water partition coefficient (Wildman–Crippen LogP) is 3.16. The van der Waals surface area contributed by atoms with Crippen LogP contribution in [0.25, 0.3) is 0 Å². The molecule has 1 rings (SSSR count). The molecule has 11 heavy (non-hydrogen) atoms. The Kier molecular flexibility index (Phi) is 3.11. The molecule has 0 aromatic heterocycles. The van der Waals surface area contributed by atoms with Gasteiger partial charge in [-0.3, -0.25) is 0 Å². The van der Waals surface area contributed by atoms with E-state index in [1.165, 1.54) is 6.07 Å². The van der Waals surface area contributed by atoms with Crippen molar-refractivity contribution in [3.63, 3.8) is 0 Å². The molecule has 1 nitrogen and oxygen atoms in total. The first-order chi connectivity index (χ1) is 5.24. The molecule has 0 aliphatic carbocycles. The summed E-state index contributed by atoms with van der Waals surface area (Å²) in [5.41, 5.74) is 0.236. The topological polar surface area (TPSA) is 12.4 Å². The number of benzene rings is 1. The minimum atomic E-state index is -0.366. The van der Waals surface area contributed by atoms with Gasteiger partial charge in [0.25, 0.3) is 0 Å². The van der Waals surface area contributed by atoms with Crippen LogP contribution in [0.4, 0.5) is 10.1 Å². The first kappa shape index (κ1) is 8.77. The molecule has 1 aromatic carbocycles. The van der Waals surface area contributed by atoms with Crippen molar-refractivity contribution < 1.29 is 4.39 Å². The zero-order chi connectivity index (χ0) is 8.27. The maximum atomic E-state index is 12.9. The summed E-state index contributed by atoms with van der Waals surface area (Å²) in [5, 5.41) is 2.11. The summed E-state index contributed by atoms with van der Waals surface area (Å²) in [4.78, 5) is 3.53. The highest BCUT2D eigenvalue weighted by Crippen LogP contribution is 2.18. The molecule has 0 unspecified atom stereocenters. The van der Waals surface area contributed by atoms with E-state index in [0.717, 1.165) is 3.57 Å². The minimum Gasteiger partial charge on any atom is -0.205 e. The number of halogens is 2. The highest BCUT2D eigenvalue weighted by molar-refractivity contribution is 14.1. The number of rotatable bonds is 1. The van der Waals surface area contributed by atoms with Crippen molar-refractivity contribution in [1.29, 1.82) is 0 Å². The number of thiocarbonyl (C=S) groups is 1. The normalized spacial score (nSPS) is 8.91. The molecule has 0 saturated carbocycles. The van der Waals surface area contributed by atoms with Crippen LogP contribution in [0.3, 0.4) is 0 Å². The van der Waals surface area contributed by atoms with Crippen LogP contribution in [0.15, 0.2) is 23.2 Å². The zero-order valence-corrected chi connectivity index (χ0v) is 8.32. The lowest BCUT2D eigenvalue weighted by Crippen LogP contribution is -1.76. The molecule has 1 aromatic rings. The van der Waals surface area contributed by atoms with Crippen molar-refractivity contribution in [2.45, 2.75) is 0 Å². The van der Waals surface area contributed by atoms with Crippen LogP contribution in [0.5, 0.6) is 0 Å². The van der Waals surface area contributed by atoms with Gasteiger partial charge in [-0.2, -0.15) is 4.99 Å². The summed E-state index contributed by atoms with van der Waals surface area (Å²) >= 11 is 6.36. The Bertz CT molecular complexity index is 320. The van der Waals surface area contributed by atoms with Crippen LogP contribution >= 0.6 is 34.8 Å². The number of isothiocyanates is 1. The van der Waals surface area contributed by atoms with E-state index >= 15 is 0 Å². The fraction of sp³-hybridized carbons (Fsp3) is 0. The second kappa shape index (κ2) is 3.90. The van der Waals surface area contributed by atoms with E-state index in [1.54, 1.807) is 12.1 Å². The van der Waals surface area contributed by atoms with Gasteiger partial charge in [-0.15, -0.1) is 0 Å². The molecular weight excluding hydrogens is 276 g/mol. The van der Waals surface area contributed by atoms with E-state index in [2.05, 4.69) is 22.4 Å². The number of hydrogen-bond donors (Lipinski definition) is 0. The van der Waals surface area contributed by atoms with E-state index in [1.807, 2.05) is 22.6 Å². The van der Waals surface area contributed by atoms with Gasteiger partial charge in [0.15, 0.2) is 5.82 Å². The number of nitrogens with zero attached hydrogens (tertiary/aromatic N) is 1. The molecule has 0 fully saturated rings. The second-order valence-corrected chi connectivity index (χ2v) is 3.23. The molecule has 0 heterocycles. The summed E-state index contributed by atoms with van der Waals surface area (Å²) in [7, 11) is 0. The van der Waals surface area contributed by atoms with Crippen LogP contribution in [0, 0.1) is 9.39 Å². The number of aliphatic imine (C=N–C) groups is 1. The third-order valence-electron chi connectivity index (χ3n) is 1.08. The summed E-state index contributed by atoms with van der Waals surface area (Å²) in [6, 6.07) is 4.72. The average molecular weight is 279 g/mol. The SMILES string of the molecule is Fc1cc(I)ccc1N=C=S. The summed E-state index contributed by atoms with van der Waals surface area (Å²) in [6.45, 7) is 0. The quantitative estimate of drug-likeness (QED) is 0.437. The van der Waals surface area contributed by atoms with Gasteiger partial charge in [0.05, 0.1) is 5.16 Å². The smallest absolute Gasteiger partial charge is 0.150 e. The fourth-order valence-corrected chi connectivity index (χ4v) is 1.17. The van der Waals surface area contributed by atoms with Crippen LogP contribution in [-0.4, -0.2) is 5.16 Å². The monoisotopic (exact) mass is 279 g/mol. The molecule has 0 amide bonds. The molecule has 0 saturated heterocycles. The first-order valence-electron chi connectivity index (χ1n) is 2.77. The Morgan fingerprint density at radius 3 is 2.82 bits per heavy atom. The summed E-state index contributed by atoms with van der Waals surface area (Å²) in [6.07, 6.45) is 0. The molecule has 4 heteroatoms. The van der Waals surface area contributed by atoms with E-state index in [-0.39, 0.29) is 11.5 Å². The Morgan fingerprint density at radius 2 is 2.27 bits per heavy atom. The van der Waals surface area contributed by atoms with Gasteiger partial charge < -0.3 is 0 Å². The molecule has 0 radical (unpaired) electrons. The second-order valence-electron chi connectivity index (χ2n) is 1.80. The van der Waals surface area contributed by atoms with Crippen LogP contribution < -0.4 is 0 Å². The lowest BCUT2D eigenvalue weighted by atomic mass is 10.3. The van der Waals surface area contributed by atoms with Gasteiger partial charge in [-0.1, -0.05) is 0 Å². The van der Waals surface area contributed by atoms with Gasteiger partial charge in [-0.25, -0.2) is 4.39 Å². The van der Waals surface area contributed by atoms with Crippen molar-refractivity contribution in [3.05, 3.63) is 27.6 Å². The zero-order valence-electron chi connectivity index (χ0n) is 5.34. The van der Waals surface area contributed by atoms with E-state index < -0.39 is 0 Å². The molecule has 0 bridgehead atoms. The maximum absolute atomic E-state index is 12.9. The van der Waals surface area contributed by atoms with Crippen LogP contribution in [0.1, 0.15) is 0 Å². The largest absolute Gasteiger partial charge is 0.205 e. The van der Waals surface area contributed by atoms with E-state index in [9.17, 15) is 4.39 Å². The van der Waals surface area contributed by atoms with Crippen LogP contribution in [-0.2, 0) is 0 Å². The standard InChI is InChI=1S/C7H3FINS/c8-6-3-5(9)1-2-7(6)10-4-11/h1-3H. The van der Waals surface area contributed by atoms with Crippen molar-refractivity contribution in [3.8, 4) is 0 Å². The molecular formula is C7H3FINS. The lowest BCUT2D eigenvalue weighted by Gasteiger charge is -1.93. The predicted molar refractivity (Wildman–Crippen MR) is 53.8 cm³/mol. The molecule has 56 valence electrons. The molecule has 0 aliphatic rings. The minimum absolute atomic E-state index is 0.236. The Balaban J connectivity index is 3.19. The van der Waals surface area contributed by atoms with E-state index in [0.29, 0.717) is 0 Å². The third kappa shape index (κ3) is 2.32. The Hall–Kier alpha value is -0.320. The highest BCUT2D eigenvalue weighted by atomic mass is 127. The van der Waals surface area contributed by atoms with Crippen molar-refractivity contribution in [2.75, 3.05) is 0 Å². The van der Waals surface area contributed by atoms with Crippen molar-refractivity contribution >= 4 is 45.7 Å². The summed E-state index contributed by atoms with van der Waals surface area (Å²) < 4.78 is 13.7. The lowest BCUT2D eigenvalue weighted by molar-refractivity contribution is 0.629. The summed E-state index contributed by atoms with van der Waals surface area (Å²) in [5.74, 6) is -0.366. The van der Waals surface area contributed by atoms with Crippen molar-refractivity contribution in [2.24, 2.45) is 4.99 Å². The highest BCUT2D eigenvalue weighted by Gasteiger charge is 1.98. The molecule has 0 aliphatic heterocycles. The first-order valence-corrected chi connectivity index (χ1v) is 4.25. The van der Waals surface area contributed by atoms with Gasteiger partial charge in [0, 0.05) is 3.57 Å². The van der Waals surface area contributed by atoms with E-state index in [4.69, 9.17) is 0 Å². The maximum Gasteiger partial charge on any atom is 0.150 e. The Labute approximate surface area is 82.5 Å².